The second-order valence-electron chi connectivity index (χ2n) is 22.0. The van der Waals surface area contributed by atoms with Crippen LogP contribution in [0.15, 0.2) is 229 Å². The van der Waals surface area contributed by atoms with Crippen LogP contribution in [-0.4, -0.2) is 7.28 Å². The molecule has 1 N–H and O–H groups in total. The minimum atomic E-state index is 0.0294. The molecule has 0 spiro atoms. The molecule has 74 heavy (non-hydrogen) atoms. The summed E-state index contributed by atoms with van der Waals surface area (Å²) in [5.74, 6) is 0. The van der Waals surface area contributed by atoms with Crippen LogP contribution in [-0.2, 0) is 10.8 Å². The number of benzene rings is 10. The van der Waals surface area contributed by atoms with E-state index in [1.54, 1.807) is 0 Å². The van der Waals surface area contributed by atoms with Gasteiger partial charge in [-0.25, -0.2) is 0 Å². The van der Waals surface area contributed by atoms with Gasteiger partial charge in [-0.2, -0.15) is 0 Å². The fourth-order valence-corrected chi connectivity index (χ4v) is 11.0. The predicted octanol–water partition coefficient (Wildman–Crippen LogP) is 17.9. The van der Waals surface area contributed by atoms with Gasteiger partial charge in [0.2, 0.25) is 0 Å². The molecule has 2 heterocycles. The van der Waals surface area contributed by atoms with Crippen LogP contribution in [0.3, 0.4) is 0 Å². The smallest absolute Gasteiger partial charge is 0.198 e. The van der Waals surface area contributed by atoms with Crippen molar-refractivity contribution in [2.24, 2.45) is 0 Å². The molecule has 5 heteroatoms. The molecule has 1 aliphatic rings. The molecule has 0 fully saturated rings. The van der Waals surface area contributed by atoms with E-state index in [1.165, 1.54) is 44.3 Å². The second-order valence-corrected chi connectivity index (χ2v) is 22.0. The number of hydrogen-bond donors (Lipinski definition) is 1. The van der Waals surface area contributed by atoms with Crippen molar-refractivity contribution in [3.8, 4) is 33.4 Å². The summed E-state index contributed by atoms with van der Waals surface area (Å²) in [6.45, 7) is 15.9. The largest absolute Gasteiger partial charge is 0.456 e. The zero-order chi connectivity index (χ0) is 50.7. The highest BCUT2D eigenvalue weighted by Gasteiger charge is 2.34. The van der Waals surface area contributed by atoms with Gasteiger partial charge in [0.15, 0.2) is 7.28 Å². The fourth-order valence-electron chi connectivity index (χ4n) is 11.0. The van der Waals surface area contributed by atoms with Crippen LogP contribution in [0, 0.1) is 6.92 Å². The Bertz CT molecular complexity index is 3810. The number of furan rings is 1. The molecule has 0 amide bonds. The lowest BCUT2D eigenvalue weighted by atomic mass is 9.57. The summed E-state index contributed by atoms with van der Waals surface area (Å²) < 4.78 is 6.94. The van der Waals surface area contributed by atoms with Gasteiger partial charge in [-0.05, 0) is 153 Å². The van der Waals surface area contributed by atoms with Gasteiger partial charge in [0.1, 0.15) is 11.2 Å². The number of para-hydroxylation sites is 2. The monoisotopic (exact) mass is 957 g/mol. The van der Waals surface area contributed by atoms with E-state index in [2.05, 4.69) is 288 Å². The molecule has 0 atom stereocenters. The predicted molar refractivity (Wildman–Crippen MR) is 318 cm³/mol. The number of nitrogens with one attached hydrogen (secondary N) is 1. The quantitative estimate of drug-likeness (QED) is 0.146. The molecule has 0 saturated carbocycles. The van der Waals surface area contributed by atoms with Crippen LogP contribution in [0.5, 0.6) is 0 Å². The van der Waals surface area contributed by atoms with Gasteiger partial charge in [-0.1, -0.05) is 187 Å². The van der Waals surface area contributed by atoms with Crippen molar-refractivity contribution in [3.63, 3.8) is 0 Å². The first-order valence-electron chi connectivity index (χ1n) is 26.0. The maximum Gasteiger partial charge on any atom is 0.198 e. The average molecular weight is 958 g/mol. The van der Waals surface area contributed by atoms with E-state index in [0.29, 0.717) is 7.28 Å². The number of aryl methyl sites for hydroxylation is 1. The molecule has 4 nitrogen and oxygen atoms in total. The standard InChI is InChI=1S/C69H60BN3O/c1-45-41-49(47-21-12-9-13-22-47)29-39-61(45)73-62-40-38-55(72(53-34-30-50(31-35-53)68(2,3)4)54-36-32-51(33-37-54)69(5,6)7)43-59(62)70-66-58(44-64-65(67(66)73)57-26-15-17-28-63(57)74-64)56-25-14-16-27-60(56)71-52-24-18-23-48(42-52)46-19-10-8-11-20-46/h8-44,70-71H,1-7H3. The first-order valence-corrected chi connectivity index (χ1v) is 26.0. The zero-order valence-electron chi connectivity index (χ0n) is 43.4. The van der Waals surface area contributed by atoms with E-state index in [9.17, 15) is 0 Å². The van der Waals surface area contributed by atoms with Gasteiger partial charge in [0.05, 0.1) is 11.1 Å². The number of fused-ring (bicyclic) bond motifs is 6. The van der Waals surface area contributed by atoms with Crippen LogP contribution < -0.4 is 26.0 Å². The highest BCUT2D eigenvalue weighted by molar-refractivity contribution is 6.74. The van der Waals surface area contributed by atoms with Crippen molar-refractivity contribution >= 4 is 85.6 Å². The molecule has 0 bridgehead atoms. The second kappa shape index (κ2) is 18.5. The third-order valence-corrected chi connectivity index (χ3v) is 14.9. The molecule has 360 valence electrons. The highest BCUT2D eigenvalue weighted by Crippen LogP contribution is 2.48. The maximum atomic E-state index is 6.94. The Hall–Kier alpha value is -8.54. The topological polar surface area (TPSA) is 31.6 Å². The first-order chi connectivity index (χ1) is 35.9. The van der Waals surface area contributed by atoms with Crippen molar-refractivity contribution in [2.45, 2.75) is 59.3 Å². The molecule has 0 saturated heterocycles. The molecule has 1 aliphatic heterocycles. The van der Waals surface area contributed by atoms with Crippen molar-refractivity contribution in [2.75, 3.05) is 15.1 Å². The Balaban J connectivity index is 1.09. The Morgan fingerprint density at radius 2 is 1.03 bits per heavy atom. The Kier molecular flexibility index (Phi) is 11.6. The first kappa shape index (κ1) is 46.5. The lowest BCUT2D eigenvalue weighted by molar-refractivity contribution is 0.590. The average Bonchev–Trinajstić information content (AvgIpc) is 3.80. The van der Waals surface area contributed by atoms with E-state index in [4.69, 9.17) is 4.42 Å². The summed E-state index contributed by atoms with van der Waals surface area (Å²) in [7, 11) is 0.693. The van der Waals surface area contributed by atoms with Gasteiger partial charge >= 0.3 is 0 Å². The molecule has 12 rings (SSSR count). The summed E-state index contributed by atoms with van der Waals surface area (Å²) >= 11 is 0. The fraction of sp³-hybridized carbons (Fsp3) is 0.130. The third-order valence-electron chi connectivity index (χ3n) is 14.9. The van der Waals surface area contributed by atoms with Crippen LogP contribution in [0.4, 0.5) is 45.5 Å². The van der Waals surface area contributed by atoms with Crippen LogP contribution in [0.1, 0.15) is 58.2 Å². The van der Waals surface area contributed by atoms with E-state index < -0.39 is 0 Å². The summed E-state index contributed by atoms with van der Waals surface area (Å²) in [4.78, 5) is 4.96. The number of anilines is 8. The summed E-state index contributed by atoms with van der Waals surface area (Å²) in [5.41, 5.74) is 23.8. The lowest BCUT2D eigenvalue weighted by Crippen LogP contribution is -2.41. The van der Waals surface area contributed by atoms with Gasteiger partial charge in [0.25, 0.3) is 0 Å². The van der Waals surface area contributed by atoms with Crippen LogP contribution >= 0.6 is 0 Å². The SMILES string of the molecule is Cc1cc(-c2ccccc2)ccc1N1c2ccc(N(c3ccc(C(C)(C)C)cc3)c3ccc(C(C)(C)C)cc3)cc2Bc2c(-c3ccccc3Nc3cccc(-c4ccccc4)c3)cc3oc4ccccc4c3c21. The van der Waals surface area contributed by atoms with Crippen LogP contribution in [0.25, 0.3) is 55.3 Å². The molecular weight excluding hydrogens is 898 g/mol. The number of rotatable bonds is 9. The maximum absolute atomic E-state index is 6.94. The van der Waals surface area contributed by atoms with Crippen LogP contribution in [0.2, 0.25) is 0 Å². The van der Waals surface area contributed by atoms with Gasteiger partial charge in [0, 0.05) is 50.8 Å². The number of hydrogen-bond acceptors (Lipinski definition) is 4. The van der Waals surface area contributed by atoms with E-state index in [0.717, 1.165) is 84.1 Å². The molecule has 10 aromatic carbocycles. The van der Waals surface area contributed by atoms with Gasteiger partial charge in [-0.3, -0.25) is 0 Å². The van der Waals surface area contributed by atoms with Crippen molar-refractivity contribution in [1.82, 2.24) is 0 Å². The lowest BCUT2D eigenvalue weighted by Gasteiger charge is -2.37. The van der Waals surface area contributed by atoms with Crippen molar-refractivity contribution in [3.05, 3.63) is 241 Å². The minimum absolute atomic E-state index is 0.0294. The number of nitrogens with zero attached hydrogens (tertiary/aromatic N) is 2. The van der Waals surface area contributed by atoms with E-state index in [-0.39, 0.29) is 10.8 Å². The van der Waals surface area contributed by atoms with E-state index >= 15 is 0 Å². The highest BCUT2D eigenvalue weighted by atomic mass is 16.3. The Morgan fingerprint density at radius 1 is 0.459 bits per heavy atom. The normalized spacial score (nSPS) is 12.3. The molecule has 0 unspecified atom stereocenters. The summed E-state index contributed by atoms with van der Waals surface area (Å²) in [6, 6.07) is 81.9. The molecule has 11 aromatic rings. The minimum Gasteiger partial charge on any atom is -0.456 e. The van der Waals surface area contributed by atoms with Gasteiger partial charge in [-0.15, -0.1) is 0 Å². The molecular formula is C69H60BN3O. The third kappa shape index (κ3) is 8.62. The Labute approximate surface area is 436 Å². The summed E-state index contributed by atoms with van der Waals surface area (Å²) in [6.07, 6.45) is 0. The molecule has 0 aliphatic carbocycles. The molecule has 0 radical (unpaired) electrons. The Morgan fingerprint density at radius 3 is 1.68 bits per heavy atom. The molecule has 1 aromatic heterocycles. The van der Waals surface area contributed by atoms with Crippen molar-refractivity contribution in [1.29, 1.82) is 0 Å². The van der Waals surface area contributed by atoms with Gasteiger partial charge < -0.3 is 19.5 Å². The van der Waals surface area contributed by atoms with Crippen molar-refractivity contribution < 1.29 is 4.42 Å². The zero-order valence-corrected chi connectivity index (χ0v) is 43.4. The summed E-state index contributed by atoms with van der Waals surface area (Å²) in [5, 5.41) is 6.10. The van der Waals surface area contributed by atoms with E-state index in [1.807, 2.05) is 0 Å².